The van der Waals surface area contributed by atoms with Gasteiger partial charge < -0.3 is 9.84 Å². The lowest BCUT2D eigenvalue weighted by Crippen LogP contribution is -2.23. The number of halogens is 1. The van der Waals surface area contributed by atoms with Gasteiger partial charge in [-0.2, -0.15) is 0 Å². The maximum Gasteiger partial charge on any atom is 0.344 e. The topological polar surface area (TPSA) is 46.5 Å². The van der Waals surface area contributed by atoms with Crippen molar-refractivity contribution in [1.29, 1.82) is 0 Å². The molecule has 1 N–H and O–H groups in total. The summed E-state index contributed by atoms with van der Waals surface area (Å²) in [5, 5.41) is 8.74. The summed E-state index contributed by atoms with van der Waals surface area (Å²) in [6.45, 7) is 1.46. The number of carboxylic acid groups (broad SMARTS) is 1. The highest BCUT2D eigenvalue weighted by molar-refractivity contribution is 5.72. The van der Waals surface area contributed by atoms with E-state index in [2.05, 4.69) is 0 Å². The van der Waals surface area contributed by atoms with Crippen molar-refractivity contribution in [1.82, 2.24) is 0 Å². The lowest BCUT2D eigenvalue weighted by molar-refractivity contribution is -0.144. The van der Waals surface area contributed by atoms with Crippen molar-refractivity contribution in [2.45, 2.75) is 31.8 Å². The molecule has 1 aliphatic rings. The molecule has 0 saturated heterocycles. The van der Waals surface area contributed by atoms with Crippen molar-refractivity contribution in [3.63, 3.8) is 0 Å². The van der Waals surface area contributed by atoms with Crippen molar-refractivity contribution in [2.24, 2.45) is 0 Å². The quantitative estimate of drug-likeness (QED) is 0.854. The van der Waals surface area contributed by atoms with Crippen LogP contribution >= 0.6 is 0 Å². The van der Waals surface area contributed by atoms with Crippen LogP contribution in [-0.2, 0) is 4.79 Å². The molecule has 1 unspecified atom stereocenters. The van der Waals surface area contributed by atoms with Crippen LogP contribution in [0.2, 0.25) is 0 Å². The maximum absolute atomic E-state index is 13.1. The van der Waals surface area contributed by atoms with Gasteiger partial charge in [-0.3, -0.25) is 0 Å². The molecule has 1 saturated carbocycles. The Morgan fingerprint density at radius 3 is 2.81 bits per heavy atom. The van der Waals surface area contributed by atoms with Gasteiger partial charge in [-0.1, -0.05) is 0 Å². The van der Waals surface area contributed by atoms with Gasteiger partial charge in [0, 0.05) is 5.56 Å². The minimum Gasteiger partial charge on any atom is -0.479 e. The van der Waals surface area contributed by atoms with E-state index < -0.39 is 12.1 Å². The van der Waals surface area contributed by atoms with Gasteiger partial charge in [-0.05, 0) is 43.9 Å². The van der Waals surface area contributed by atoms with Crippen LogP contribution in [0, 0.1) is 5.82 Å². The Labute approximate surface area is 92.9 Å². The van der Waals surface area contributed by atoms with Crippen LogP contribution in [-0.4, -0.2) is 17.2 Å². The largest absolute Gasteiger partial charge is 0.479 e. The molecule has 0 aromatic heterocycles. The van der Waals surface area contributed by atoms with E-state index in [9.17, 15) is 9.18 Å². The number of ether oxygens (including phenoxy) is 1. The zero-order chi connectivity index (χ0) is 11.7. The molecule has 0 amide bonds. The number of carbonyl (C=O) groups is 1. The van der Waals surface area contributed by atoms with Gasteiger partial charge in [0.25, 0.3) is 0 Å². The Balaban J connectivity index is 2.22. The fourth-order valence-corrected chi connectivity index (χ4v) is 1.58. The van der Waals surface area contributed by atoms with Crippen LogP contribution in [0.15, 0.2) is 18.2 Å². The minimum atomic E-state index is -1.02. The number of hydrogen-bond acceptors (Lipinski definition) is 2. The standard InChI is InChI=1S/C12H13FO3/c1-7(12(14)15)16-11-5-4-9(13)6-10(11)8-2-3-8/h4-8H,2-3H2,1H3,(H,14,15). The van der Waals surface area contributed by atoms with Crippen molar-refractivity contribution in [2.75, 3.05) is 0 Å². The first-order chi connectivity index (χ1) is 7.58. The maximum atomic E-state index is 13.1. The van der Waals surface area contributed by atoms with Crippen LogP contribution in [0.5, 0.6) is 5.75 Å². The Bertz CT molecular complexity index is 413. The first kappa shape index (κ1) is 10.9. The number of rotatable bonds is 4. The predicted octanol–water partition coefficient (Wildman–Crippen LogP) is 2.55. The molecule has 1 aromatic rings. The van der Waals surface area contributed by atoms with E-state index in [4.69, 9.17) is 9.84 Å². The van der Waals surface area contributed by atoms with Crippen molar-refractivity contribution >= 4 is 5.97 Å². The third kappa shape index (κ3) is 2.32. The molecule has 2 rings (SSSR count). The first-order valence-electron chi connectivity index (χ1n) is 5.27. The van der Waals surface area contributed by atoms with Crippen LogP contribution < -0.4 is 4.74 Å². The van der Waals surface area contributed by atoms with Crippen LogP contribution in [0.25, 0.3) is 0 Å². The van der Waals surface area contributed by atoms with Crippen molar-refractivity contribution in [3.8, 4) is 5.75 Å². The Hall–Kier alpha value is -1.58. The molecule has 0 heterocycles. The monoisotopic (exact) mass is 224 g/mol. The third-order valence-corrected chi connectivity index (χ3v) is 2.64. The van der Waals surface area contributed by atoms with Crippen LogP contribution in [0.4, 0.5) is 4.39 Å². The molecule has 0 spiro atoms. The molecule has 16 heavy (non-hydrogen) atoms. The van der Waals surface area contributed by atoms with E-state index >= 15 is 0 Å². The highest BCUT2D eigenvalue weighted by atomic mass is 19.1. The second kappa shape index (κ2) is 4.12. The molecule has 0 bridgehead atoms. The van der Waals surface area contributed by atoms with Gasteiger partial charge in [0.1, 0.15) is 11.6 Å². The summed E-state index contributed by atoms with van der Waals surface area (Å²) in [7, 11) is 0. The van der Waals surface area contributed by atoms with Crippen molar-refractivity contribution in [3.05, 3.63) is 29.6 Å². The van der Waals surface area contributed by atoms with E-state index in [0.717, 1.165) is 18.4 Å². The summed E-state index contributed by atoms with van der Waals surface area (Å²) in [4.78, 5) is 10.7. The lowest BCUT2D eigenvalue weighted by atomic mass is 10.1. The smallest absolute Gasteiger partial charge is 0.344 e. The second-order valence-corrected chi connectivity index (χ2v) is 4.05. The Morgan fingerprint density at radius 2 is 2.25 bits per heavy atom. The second-order valence-electron chi connectivity index (χ2n) is 4.05. The summed E-state index contributed by atoms with van der Waals surface area (Å²) in [5.41, 5.74) is 0.785. The average molecular weight is 224 g/mol. The van der Waals surface area contributed by atoms with E-state index in [1.54, 1.807) is 0 Å². The number of carboxylic acids is 1. The molecule has 1 fully saturated rings. The Kier molecular flexibility index (Phi) is 2.81. The number of hydrogen-bond donors (Lipinski definition) is 1. The Morgan fingerprint density at radius 1 is 1.56 bits per heavy atom. The number of benzene rings is 1. The molecule has 4 heteroatoms. The van der Waals surface area contributed by atoms with Gasteiger partial charge in [0.2, 0.25) is 0 Å². The fraction of sp³-hybridized carbons (Fsp3) is 0.417. The molecule has 0 aliphatic heterocycles. The molecule has 0 radical (unpaired) electrons. The molecule has 1 aromatic carbocycles. The SMILES string of the molecule is CC(Oc1ccc(F)cc1C1CC1)C(=O)O. The van der Waals surface area contributed by atoms with Gasteiger partial charge in [0.15, 0.2) is 6.10 Å². The molecular formula is C12H13FO3. The lowest BCUT2D eigenvalue weighted by Gasteiger charge is -2.14. The summed E-state index contributed by atoms with van der Waals surface area (Å²) < 4.78 is 18.4. The van der Waals surface area contributed by atoms with E-state index in [1.165, 1.54) is 25.1 Å². The van der Waals surface area contributed by atoms with E-state index in [1.807, 2.05) is 0 Å². The van der Waals surface area contributed by atoms with E-state index in [-0.39, 0.29) is 5.82 Å². The summed E-state index contributed by atoms with van der Waals surface area (Å²) in [6, 6.07) is 4.22. The fourth-order valence-electron chi connectivity index (χ4n) is 1.58. The molecule has 1 aliphatic carbocycles. The summed E-state index contributed by atoms with van der Waals surface area (Å²) in [6.07, 6.45) is 1.12. The highest BCUT2D eigenvalue weighted by Crippen LogP contribution is 2.44. The average Bonchev–Trinajstić information content (AvgIpc) is 3.04. The number of aliphatic carboxylic acids is 1. The summed E-state index contributed by atoms with van der Waals surface area (Å²) in [5.74, 6) is -0.520. The molecule has 86 valence electrons. The zero-order valence-corrected chi connectivity index (χ0v) is 8.94. The first-order valence-corrected chi connectivity index (χ1v) is 5.27. The molecular weight excluding hydrogens is 211 g/mol. The third-order valence-electron chi connectivity index (χ3n) is 2.64. The van der Waals surface area contributed by atoms with Gasteiger partial charge in [-0.15, -0.1) is 0 Å². The van der Waals surface area contributed by atoms with Gasteiger partial charge in [0.05, 0.1) is 0 Å². The summed E-state index contributed by atoms with van der Waals surface area (Å²) >= 11 is 0. The minimum absolute atomic E-state index is 0.308. The predicted molar refractivity (Wildman–Crippen MR) is 56.1 cm³/mol. The van der Waals surface area contributed by atoms with Crippen LogP contribution in [0.1, 0.15) is 31.2 Å². The zero-order valence-electron chi connectivity index (χ0n) is 8.94. The van der Waals surface area contributed by atoms with Crippen LogP contribution in [0.3, 0.4) is 0 Å². The highest BCUT2D eigenvalue weighted by Gasteiger charge is 2.28. The van der Waals surface area contributed by atoms with E-state index in [0.29, 0.717) is 11.7 Å². The van der Waals surface area contributed by atoms with Gasteiger partial charge >= 0.3 is 5.97 Å². The van der Waals surface area contributed by atoms with Crippen molar-refractivity contribution < 1.29 is 19.0 Å². The normalized spacial score (nSPS) is 16.9. The van der Waals surface area contributed by atoms with Gasteiger partial charge in [-0.25, -0.2) is 9.18 Å². The molecule has 3 nitrogen and oxygen atoms in total. The molecule has 1 atom stereocenters.